The Hall–Kier alpha value is -0.240. The van der Waals surface area contributed by atoms with Crippen LogP contribution in [0.1, 0.15) is 116 Å². The molecule has 0 aliphatic rings. The van der Waals surface area contributed by atoms with Crippen LogP contribution < -0.4 is 0 Å². The Bertz CT molecular complexity index is 231. The molecule has 3 heteroatoms. The van der Waals surface area contributed by atoms with Crippen LogP contribution in [0.4, 0.5) is 0 Å². The first-order valence-electron chi connectivity index (χ1n) is 9.62. The number of halogens is 1. The van der Waals surface area contributed by atoms with Crippen molar-refractivity contribution in [2.75, 3.05) is 0 Å². The molecule has 0 aromatic heterocycles. The Labute approximate surface area is 143 Å². The van der Waals surface area contributed by atoms with Crippen molar-refractivity contribution in [1.29, 1.82) is 0 Å². The molecule has 0 amide bonds. The van der Waals surface area contributed by atoms with E-state index in [1.165, 1.54) is 89.9 Å². The fourth-order valence-corrected chi connectivity index (χ4v) is 2.93. The zero-order valence-electron chi connectivity index (χ0n) is 14.7. The fourth-order valence-electron chi connectivity index (χ4n) is 2.86. The average molecular weight is 333 g/mol. The number of hydrogen-bond acceptors (Lipinski definition) is 2. The summed E-state index contributed by atoms with van der Waals surface area (Å²) in [4.78, 5) is 10.8. The maximum Gasteiger partial charge on any atom is 0.324 e. The lowest BCUT2D eigenvalue weighted by Gasteiger charge is -2.03. The molecule has 0 heterocycles. The first-order valence-corrected chi connectivity index (χ1v) is 9.93. The normalized spacial score (nSPS) is 10.8. The van der Waals surface area contributed by atoms with E-state index in [1.54, 1.807) is 0 Å². The monoisotopic (exact) mass is 332 g/mol. The second kappa shape index (κ2) is 18.8. The molecule has 22 heavy (non-hydrogen) atoms. The van der Waals surface area contributed by atoms with E-state index in [0.717, 1.165) is 12.8 Å². The van der Waals surface area contributed by atoms with Crippen LogP contribution in [-0.2, 0) is 9.08 Å². The maximum absolute atomic E-state index is 10.8. The summed E-state index contributed by atoms with van der Waals surface area (Å²) in [6, 6.07) is 0. The molecule has 0 rings (SSSR count). The van der Waals surface area contributed by atoms with Gasteiger partial charge in [0.05, 0.1) is 0 Å². The predicted molar refractivity (Wildman–Crippen MR) is 96.1 cm³/mol. The van der Waals surface area contributed by atoms with Crippen LogP contribution in [0, 0.1) is 0 Å². The summed E-state index contributed by atoms with van der Waals surface area (Å²) in [6.45, 7) is 2.28. The topological polar surface area (TPSA) is 26.3 Å². The van der Waals surface area contributed by atoms with Crippen molar-refractivity contribution in [3.8, 4) is 0 Å². The molecular weight excluding hydrogens is 296 g/mol. The summed E-state index contributed by atoms with van der Waals surface area (Å²) in [5.74, 6) is -0.299. The number of carbonyl (C=O) groups is 1. The van der Waals surface area contributed by atoms with E-state index in [0.29, 0.717) is 6.42 Å². The molecule has 0 N–H and O–H groups in total. The van der Waals surface area contributed by atoms with Gasteiger partial charge in [-0.25, -0.2) is 0 Å². The Balaban J connectivity index is 2.98. The molecule has 0 aromatic rings. The molecule has 0 aliphatic heterocycles. The number of unbranched alkanes of at least 4 members (excludes halogenated alkanes) is 15. The SMILES string of the molecule is CCCCCCCCCCCCCCCCCCC(=O)OCl. The van der Waals surface area contributed by atoms with E-state index in [9.17, 15) is 4.79 Å². The van der Waals surface area contributed by atoms with E-state index in [-0.39, 0.29) is 5.97 Å². The van der Waals surface area contributed by atoms with Crippen molar-refractivity contribution in [3.05, 3.63) is 0 Å². The Morgan fingerprint density at radius 3 is 1.27 bits per heavy atom. The minimum absolute atomic E-state index is 0.299. The van der Waals surface area contributed by atoms with Crippen LogP contribution in [0.5, 0.6) is 0 Å². The van der Waals surface area contributed by atoms with Gasteiger partial charge in [-0.2, -0.15) is 0 Å². The molecule has 0 atom stereocenters. The third-order valence-corrected chi connectivity index (χ3v) is 4.49. The first kappa shape index (κ1) is 21.8. The molecule has 0 radical (unpaired) electrons. The molecular formula is C19H37ClO2. The Kier molecular flexibility index (Phi) is 18.6. The predicted octanol–water partition coefficient (Wildman–Crippen LogP) is 7.34. The van der Waals surface area contributed by atoms with Crippen LogP contribution in [-0.4, -0.2) is 5.97 Å². The summed E-state index contributed by atoms with van der Waals surface area (Å²) >= 11 is 4.97. The van der Waals surface area contributed by atoms with Gasteiger partial charge in [-0.15, -0.1) is 0 Å². The highest BCUT2D eigenvalue weighted by molar-refractivity contribution is 6.13. The van der Waals surface area contributed by atoms with Gasteiger partial charge in [0.1, 0.15) is 11.9 Å². The van der Waals surface area contributed by atoms with Crippen LogP contribution in [0.15, 0.2) is 0 Å². The third-order valence-electron chi connectivity index (χ3n) is 4.32. The fraction of sp³-hybridized carbons (Fsp3) is 0.947. The summed E-state index contributed by atoms with van der Waals surface area (Å²) < 4.78 is 4.11. The van der Waals surface area contributed by atoms with E-state index < -0.39 is 0 Å². The molecule has 0 unspecified atom stereocenters. The lowest BCUT2D eigenvalue weighted by molar-refractivity contribution is -0.134. The van der Waals surface area contributed by atoms with Crippen LogP contribution in [0.25, 0.3) is 0 Å². The summed E-state index contributed by atoms with van der Waals surface area (Å²) in [5.41, 5.74) is 0. The van der Waals surface area contributed by atoms with Crippen molar-refractivity contribution in [1.82, 2.24) is 0 Å². The van der Waals surface area contributed by atoms with Gasteiger partial charge in [0, 0.05) is 6.42 Å². The second-order valence-corrected chi connectivity index (χ2v) is 6.66. The van der Waals surface area contributed by atoms with Gasteiger partial charge in [-0.1, -0.05) is 103 Å². The van der Waals surface area contributed by atoms with Gasteiger partial charge in [0.25, 0.3) is 0 Å². The van der Waals surface area contributed by atoms with Crippen molar-refractivity contribution in [2.24, 2.45) is 0 Å². The highest BCUT2D eigenvalue weighted by Gasteiger charge is 2.00. The van der Waals surface area contributed by atoms with E-state index in [2.05, 4.69) is 11.2 Å². The van der Waals surface area contributed by atoms with Crippen LogP contribution >= 0.6 is 11.9 Å². The number of rotatable bonds is 17. The summed E-state index contributed by atoms with van der Waals surface area (Å²) in [5, 5.41) is 0. The smallest absolute Gasteiger partial charge is 0.324 e. The lowest BCUT2D eigenvalue weighted by Crippen LogP contribution is -1.95. The minimum Gasteiger partial charge on any atom is -0.348 e. The first-order chi connectivity index (χ1) is 10.8. The van der Waals surface area contributed by atoms with Crippen LogP contribution in [0.3, 0.4) is 0 Å². The van der Waals surface area contributed by atoms with Gasteiger partial charge in [-0.3, -0.25) is 4.79 Å². The molecule has 0 aliphatic carbocycles. The summed E-state index contributed by atoms with van der Waals surface area (Å²) in [6.07, 6.45) is 21.9. The van der Waals surface area contributed by atoms with E-state index >= 15 is 0 Å². The zero-order valence-corrected chi connectivity index (χ0v) is 15.5. The molecule has 132 valence electrons. The van der Waals surface area contributed by atoms with Gasteiger partial charge in [0.15, 0.2) is 0 Å². The molecule has 0 bridgehead atoms. The maximum atomic E-state index is 10.8. The van der Waals surface area contributed by atoms with Crippen molar-refractivity contribution < 1.29 is 9.08 Å². The Morgan fingerprint density at radius 1 is 0.636 bits per heavy atom. The van der Waals surface area contributed by atoms with E-state index in [4.69, 9.17) is 11.9 Å². The quantitative estimate of drug-likeness (QED) is 0.260. The molecule has 0 saturated heterocycles. The zero-order chi connectivity index (χ0) is 16.3. The third kappa shape index (κ3) is 17.8. The highest BCUT2D eigenvalue weighted by atomic mass is 35.5. The molecule has 0 aromatic carbocycles. The number of hydrogen-bond donors (Lipinski definition) is 0. The molecule has 2 nitrogen and oxygen atoms in total. The Morgan fingerprint density at radius 2 is 0.955 bits per heavy atom. The van der Waals surface area contributed by atoms with E-state index in [1.807, 2.05) is 0 Å². The second-order valence-electron chi connectivity index (χ2n) is 6.50. The molecule has 0 fully saturated rings. The minimum atomic E-state index is -0.299. The van der Waals surface area contributed by atoms with Crippen molar-refractivity contribution >= 4 is 17.8 Å². The van der Waals surface area contributed by atoms with Gasteiger partial charge < -0.3 is 4.29 Å². The summed E-state index contributed by atoms with van der Waals surface area (Å²) in [7, 11) is 0. The average Bonchev–Trinajstić information content (AvgIpc) is 2.54. The van der Waals surface area contributed by atoms with Gasteiger partial charge >= 0.3 is 5.97 Å². The molecule has 0 saturated carbocycles. The van der Waals surface area contributed by atoms with Gasteiger partial charge in [0.2, 0.25) is 0 Å². The molecule has 0 spiro atoms. The number of carbonyl (C=O) groups excluding carboxylic acids is 1. The van der Waals surface area contributed by atoms with Gasteiger partial charge in [-0.05, 0) is 6.42 Å². The van der Waals surface area contributed by atoms with Crippen molar-refractivity contribution in [3.63, 3.8) is 0 Å². The highest BCUT2D eigenvalue weighted by Crippen LogP contribution is 2.14. The largest absolute Gasteiger partial charge is 0.348 e. The van der Waals surface area contributed by atoms with Crippen LogP contribution in [0.2, 0.25) is 0 Å². The lowest BCUT2D eigenvalue weighted by atomic mass is 10.0. The standard InChI is InChI=1S/C19H37ClO2/c1-2-3-4-5-6-7-8-9-10-11-12-13-14-15-16-17-18-19(21)22-20/h2-18H2,1H3. The van der Waals surface area contributed by atoms with Crippen molar-refractivity contribution in [2.45, 2.75) is 116 Å².